The fraction of sp³-hybridized carbons (Fsp3) is 0.296. The highest BCUT2D eigenvalue weighted by Gasteiger charge is 2.54. The van der Waals surface area contributed by atoms with Gasteiger partial charge in [-0.1, -0.05) is 76.6 Å². The zero-order valence-corrected chi connectivity index (χ0v) is 18.9. The number of nitrogens with one attached hydrogen (secondary N) is 1. The van der Waals surface area contributed by atoms with Crippen molar-refractivity contribution in [2.24, 2.45) is 0 Å². The molecule has 1 unspecified atom stereocenters. The van der Waals surface area contributed by atoms with Gasteiger partial charge >= 0.3 is 5.97 Å². The zero-order valence-electron chi connectivity index (χ0n) is 17.4. The number of carboxylic acid groups (broad SMARTS) is 1. The van der Waals surface area contributed by atoms with Crippen LogP contribution in [-0.2, 0) is 16.6 Å². The van der Waals surface area contributed by atoms with Crippen molar-refractivity contribution < 1.29 is 9.90 Å². The lowest BCUT2D eigenvalue weighted by molar-refractivity contribution is -0.144. The lowest BCUT2D eigenvalue weighted by atomic mass is 9.59. The Bertz CT molecular complexity index is 1100. The first-order valence-electron chi connectivity index (χ1n) is 10.9. The number of hydrogen-bond donors (Lipinski definition) is 2. The fourth-order valence-corrected chi connectivity index (χ4v) is 6.28. The summed E-state index contributed by atoms with van der Waals surface area (Å²) in [6.45, 7) is 0. The molecule has 1 saturated carbocycles. The lowest BCUT2D eigenvalue weighted by Crippen LogP contribution is -2.52. The van der Waals surface area contributed by atoms with Gasteiger partial charge in [0, 0.05) is 15.6 Å². The summed E-state index contributed by atoms with van der Waals surface area (Å²) in [6.07, 6.45) is 3.95. The van der Waals surface area contributed by atoms with Gasteiger partial charge in [-0.15, -0.1) is 0 Å². The Balaban J connectivity index is 1.50. The second kappa shape index (κ2) is 7.83. The molecule has 2 N–H and O–H groups in total. The molecule has 3 nitrogen and oxygen atoms in total. The maximum absolute atomic E-state index is 12.5. The summed E-state index contributed by atoms with van der Waals surface area (Å²) in [5.74, 6) is -0.367. The quantitative estimate of drug-likeness (QED) is 0.450. The number of carbonyl (C=O) groups is 1. The SMILES string of the molecule is O=C(O)C1(Nc2cccc(Br)c2)CCC2(CC1)c1ccccc1CC2c1ccccc1. The van der Waals surface area contributed by atoms with E-state index in [1.54, 1.807) is 0 Å². The summed E-state index contributed by atoms with van der Waals surface area (Å²) >= 11 is 3.49. The molecule has 3 aromatic carbocycles. The van der Waals surface area contributed by atoms with Crippen LogP contribution in [0.5, 0.6) is 0 Å². The van der Waals surface area contributed by atoms with Crippen molar-refractivity contribution in [1.29, 1.82) is 0 Å². The molecule has 2 aliphatic rings. The highest BCUT2D eigenvalue weighted by molar-refractivity contribution is 9.10. The molecule has 0 heterocycles. The summed E-state index contributed by atoms with van der Waals surface area (Å²) in [6, 6.07) is 27.3. The predicted molar refractivity (Wildman–Crippen MR) is 128 cm³/mol. The van der Waals surface area contributed by atoms with Crippen LogP contribution in [0.15, 0.2) is 83.3 Å². The second-order valence-corrected chi connectivity index (χ2v) is 9.92. The molecule has 0 amide bonds. The number of aliphatic carboxylic acids is 1. The Kier molecular flexibility index (Phi) is 5.13. The number of anilines is 1. The first kappa shape index (κ1) is 20.3. The van der Waals surface area contributed by atoms with Gasteiger partial charge in [-0.2, -0.15) is 0 Å². The lowest BCUT2D eigenvalue weighted by Gasteiger charge is -2.47. The topological polar surface area (TPSA) is 49.3 Å². The fourth-order valence-electron chi connectivity index (χ4n) is 5.88. The van der Waals surface area contributed by atoms with E-state index in [4.69, 9.17) is 0 Å². The molecule has 1 fully saturated rings. The van der Waals surface area contributed by atoms with Gasteiger partial charge < -0.3 is 10.4 Å². The third kappa shape index (κ3) is 3.47. The third-order valence-corrected chi connectivity index (χ3v) is 7.95. The smallest absolute Gasteiger partial charge is 0.329 e. The number of benzene rings is 3. The molecule has 3 aromatic rings. The zero-order chi connectivity index (χ0) is 21.5. The summed E-state index contributed by atoms with van der Waals surface area (Å²) in [7, 11) is 0. The van der Waals surface area contributed by atoms with Gasteiger partial charge in [-0.3, -0.25) is 0 Å². The van der Waals surface area contributed by atoms with Gasteiger partial charge in [-0.05, 0) is 72.9 Å². The third-order valence-electron chi connectivity index (χ3n) is 7.46. The van der Waals surface area contributed by atoms with E-state index in [0.717, 1.165) is 29.4 Å². The molecule has 0 radical (unpaired) electrons. The largest absolute Gasteiger partial charge is 0.480 e. The number of rotatable bonds is 4. The van der Waals surface area contributed by atoms with Crippen LogP contribution in [0.25, 0.3) is 0 Å². The van der Waals surface area contributed by atoms with E-state index in [-0.39, 0.29) is 5.41 Å². The van der Waals surface area contributed by atoms with Gasteiger partial charge in [-0.25, -0.2) is 4.79 Å². The molecule has 4 heteroatoms. The number of carboxylic acids is 1. The molecular formula is C27H26BrNO2. The van der Waals surface area contributed by atoms with Gasteiger partial charge in [0.25, 0.3) is 0 Å². The van der Waals surface area contributed by atoms with Crippen LogP contribution in [0.2, 0.25) is 0 Å². The van der Waals surface area contributed by atoms with Crippen LogP contribution < -0.4 is 5.32 Å². The summed E-state index contributed by atoms with van der Waals surface area (Å²) < 4.78 is 0.944. The van der Waals surface area contributed by atoms with Crippen LogP contribution in [0.3, 0.4) is 0 Å². The van der Waals surface area contributed by atoms with Gasteiger partial charge in [0.05, 0.1) is 0 Å². The summed E-state index contributed by atoms with van der Waals surface area (Å²) in [5.41, 5.74) is 4.10. The van der Waals surface area contributed by atoms with Gasteiger partial charge in [0.1, 0.15) is 5.54 Å². The van der Waals surface area contributed by atoms with Crippen LogP contribution in [0.1, 0.15) is 48.3 Å². The minimum Gasteiger partial charge on any atom is -0.480 e. The van der Waals surface area contributed by atoms with Crippen molar-refractivity contribution in [3.63, 3.8) is 0 Å². The standard InChI is InChI=1S/C27H26BrNO2/c28-21-10-6-11-22(18-21)29-27(25(30)31)15-13-26(14-16-27)23-12-5-4-9-20(23)17-24(26)19-7-2-1-3-8-19/h1-12,18,24,29H,13-17H2,(H,30,31). The van der Waals surface area contributed by atoms with Crippen molar-refractivity contribution in [3.8, 4) is 0 Å². The highest BCUT2D eigenvalue weighted by Crippen LogP contribution is 2.57. The van der Waals surface area contributed by atoms with E-state index in [0.29, 0.717) is 18.8 Å². The van der Waals surface area contributed by atoms with Crippen molar-refractivity contribution in [1.82, 2.24) is 0 Å². The molecular weight excluding hydrogens is 450 g/mol. The molecule has 1 atom stereocenters. The number of halogens is 1. The van der Waals surface area contributed by atoms with Crippen LogP contribution in [0, 0.1) is 0 Å². The normalized spacial score (nSPS) is 27.1. The second-order valence-electron chi connectivity index (χ2n) is 9.00. The Hall–Kier alpha value is -2.59. The van der Waals surface area contributed by atoms with E-state index in [2.05, 4.69) is 75.8 Å². The molecule has 0 bridgehead atoms. The first-order valence-corrected chi connectivity index (χ1v) is 11.7. The molecule has 5 rings (SSSR count). The molecule has 0 aliphatic heterocycles. The van der Waals surface area contributed by atoms with Crippen molar-refractivity contribution in [3.05, 3.63) is 100 Å². The minimum atomic E-state index is -0.940. The Morgan fingerprint density at radius 1 is 0.903 bits per heavy atom. The predicted octanol–water partition coefficient (Wildman–Crippen LogP) is 6.54. The van der Waals surface area contributed by atoms with Crippen LogP contribution in [0.4, 0.5) is 5.69 Å². The number of fused-ring (bicyclic) bond motifs is 2. The Morgan fingerprint density at radius 3 is 2.32 bits per heavy atom. The van der Waals surface area contributed by atoms with Gasteiger partial charge in [0.15, 0.2) is 0 Å². The average Bonchev–Trinajstić information content (AvgIpc) is 3.10. The summed E-state index contributed by atoms with van der Waals surface area (Å²) in [4.78, 5) is 12.5. The van der Waals surface area contributed by atoms with Crippen LogP contribution >= 0.6 is 15.9 Å². The van der Waals surface area contributed by atoms with E-state index < -0.39 is 11.5 Å². The molecule has 0 saturated heterocycles. The van der Waals surface area contributed by atoms with Gasteiger partial charge in [0.2, 0.25) is 0 Å². The highest BCUT2D eigenvalue weighted by atomic mass is 79.9. The molecule has 1 spiro atoms. The minimum absolute atomic E-state index is 0.00412. The Labute approximate surface area is 191 Å². The first-order chi connectivity index (χ1) is 15.0. The molecule has 158 valence electrons. The monoisotopic (exact) mass is 475 g/mol. The molecule has 31 heavy (non-hydrogen) atoms. The number of hydrogen-bond acceptors (Lipinski definition) is 2. The van der Waals surface area contributed by atoms with E-state index in [9.17, 15) is 9.90 Å². The van der Waals surface area contributed by atoms with Crippen molar-refractivity contribution in [2.75, 3.05) is 5.32 Å². The molecule has 2 aliphatic carbocycles. The maximum Gasteiger partial charge on any atom is 0.329 e. The maximum atomic E-state index is 12.5. The summed E-state index contributed by atoms with van der Waals surface area (Å²) in [5, 5.41) is 13.6. The van der Waals surface area contributed by atoms with Crippen molar-refractivity contribution in [2.45, 2.75) is 49.0 Å². The van der Waals surface area contributed by atoms with E-state index in [1.807, 2.05) is 24.3 Å². The van der Waals surface area contributed by atoms with Crippen LogP contribution in [-0.4, -0.2) is 16.6 Å². The van der Waals surface area contributed by atoms with Crippen molar-refractivity contribution >= 4 is 27.6 Å². The van der Waals surface area contributed by atoms with E-state index >= 15 is 0 Å². The Morgan fingerprint density at radius 2 is 1.61 bits per heavy atom. The van der Waals surface area contributed by atoms with E-state index in [1.165, 1.54) is 16.7 Å². The molecule has 0 aromatic heterocycles. The average molecular weight is 476 g/mol.